The van der Waals surface area contributed by atoms with E-state index in [2.05, 4.69) is 14.8 Å². The molecule has 10 heteroatoms. The number of halogens is 1. The first-order chi connectivity index (χ1) is 16.5. The Morgan fingerprint density at radius 2 is 1.65 bits per heavy atom. The summed E-state index contributed by atoms with van der Waals surface area (Å²) in [6.07, 6.45) is 1.67. The topological polar surface area (TPSA) is 92.2 Å². The van der Waals surface area contributed by atoms with E-state index in [4.69, 9.17) is 4.42 Å². The number of amidine groups is 1. The lowest BCUT2D eigenvalue weighted by Gasteiger charge is -2.36. The van der Waals surface area contributed by atoms with Crippen molar-refractivity contribution in [1.82, 2.24) is 4.90 Å². The van der Waals surface area contributed by atoms with Crippen LogP contribution in [0.3, 0.4) is 0 Å². The van der Waals surface area contributed by atoms with Gasteiger partial charge in [0.1, 0.15) is 17.3 Å². The molecule has 2 aliphatic rings. The fourth-order valence-corrected chi connectivity index (χ4v) is 4.75. The van der Waals surface area contributed by atoms with Crippen LogP contribution in [0.5, 0.6) is 0 Å². The zero-order valence-corrected chi connectivity index (χ0v) is 18.7. The first kappa shape index (κ1) is 21.9. The second-order valence-corrected chi connectivity index (χ2v) is 8.78. The average molecular weight is 479 g/mol. The lowest BCUT2D eigenvalue weighted by Crippen LogP contribution is -2.47. The predicted octanol–water partition coefficient (Wildman–Crippen LogP) is 4.79. The highest BCUT2D eigenvalue weighted by molar-refractivity contribution is 8.18. The molecule has 1 amide bonds. The minimum absolute atomic E-state index is 0.0678. The molecule has 1 fully saturated rings. The van der Waals surface area contributed by atoms with E-state index in [0.717, 1.165) is 11.3 Å². The van der Waals surface area contributed by atoms with Crippen molar-refractivity contribution in [3.8, 4) is 11.3 Å². The molecule has 8 nitrogen and oxygen atoms in total. The Morgan fingerprint density at radius 1 is 0.971 bits per heavy atom. The molecule has 2 aliphatic heterocycles. The molecular weight excluding hydrogens is 459 g/mol. The van der Waals surface area contributed by atoms with Crippen molar-refractivity contribution in [1.29, 1.82) is 0 Å². The molecule has 5 rings (SSSR count). The molecule has 1 saturated heterocycles. The van der Waals surface area contributed by atoms with Gasteiger partial charge in [-0.15, -0.1) is 0 Å². The van der Waals surface area contributed by atoms with Gasteiger partial charge in [0.2, 0.25) is 0 Å². The van der Waals surface area contributed by atoms with Crippen molar-refractivity contribution >= 4 is 40.3 Å². The van der Waals surface area contributed by atoms with Gasteiger partial charge < -0.3 is 14.2 Å². The Morgan fingerprint density at radius 3 is 2.32 bits per heavy atom. The molecule has 0 spiro atoms. The molecule has 0 radical (unpaired) electrons. The molecule has 0 atom stereocenters. The maximum atomic E-state index is 13.1. The fourth-order valence-electron chi connectivity index (χ4n) is 3.80. The van der Waals surface area contributed by atoms with Gasteiger partial charge in [-0.1, -0.05) is 0 Å². The van der Waals surface area contributed by atoms with Crippen LogP contribution in [-0.2, 0) is 4.79 Å². The minimum Gasteiger partial charge on any atom is -0.457 e. The smallest absolute Gasteiger partial charge is 0.286 e. The number of nitro groups is 1. The second kappa shape index (κ2) is 9.14. The number of rotatable bonds is 4. The van der Waals surface area contributed by atoms with E-state index in [1.165, 1.54) is 36.0 Å². The number of amides is 1. The molecule has 1 aromatic heterocycles. The Bertz CT molecular complexity index is 1290. The summed E-state index contributed by atoms with van der Waals surface area (Å²) in [6, 6.07) is 16.1. The van der Waals surface area contributed by atoms with Crippen LogP contribution in [0, 0.1) is 15.9 Å². The van der Waals surface area contributed by atoms with Gasteiger partial charge in [0.25, 0.3) is 11.6 Å². The monoisotopic (exact) mass is 478 g/mol. The van der Waals surface area contributed by atoms with E-state index in [0.29, 0.717) is 47.8 Å². The van der Waals surface area contributed by atoms with Crippen LogP contribution in [0.4, 0.5) is 15.8 Å². The van der Waals surface area contributed by atoms with Crippen LogP contribution in [0.2, 0.25) is 0 Å². The van der Waals surface area contributed by atoms with E-state index >= 15 is 0 Å². The van der Waals surface area contributed by atoms with Gasteiger partial charge in [-0.2, -0.15) is 4.99 Å². The quantitative estimate of drug-likeness (QED) is 0.303. The highest BCUT2D eigenvalue weighted by Gasteiger charge is 2.29. The van der Waals surface area contributed by atoms with E-state index in [-0.39, 0.29) is 17.4 Å². The first-order valence-corrected chi connectivity index (χ1v) is 11.4. The number of carbonyl (C=O) groups is 1. The molecule has 0 N–H and O–H groups in total. The predicted molar refractivity (Wildman–Crippen MR) is 129 cm³/mol. The van der Waals surface area contributed by atoms with Crippen molar-refractivity contribution in [3.05, 3.63) is 87.3 Å². The molecule has 34 heavy (non-hydrogen) atoms. The maximum Gasteiger partial charge on any atom is 0.286 e. The number of hydrogen-bond donors (Lipinski definition) is 0. The maximum absolute atomic E-state index is 13.1. The van der Waals surface area contributed by atoms with Crippen molar-refractivity contribution < 1.29 is 18.5 Å². The summed E-state index contributed by atoms with van der Waals surface area (Å²) in [7, 11) is 0. The van der Waals surface area contributed by atoms with Crippen LogP contribution in [0.25, 0.3) is 17.4 Å². The van der Waals surface area contributed by atoms with Gasteiger partial charge in [0.05, 0.1) is 9.83 Å². The summed E-state index contributed by atoms with van der Waals surface area (Å²) in [5, 5.41) is 11.5. The molecule has 2 aromatic carbocycles. The van der Waals surface area contributed by atoms with Crippen molar-refractivity contribution in [2.75, 3.05) is 31.1 Å². The number of carbonyl (C=O) groups excluding carboxylic acids is 1. The average Bonchev–Trinajstić information content (AvgIpc) is 3.47. The molecular formula is C24H19FN4O4S. The Kier molecular flexibility index (Phi) is 5.89. The molecule has 172 valence electrons. The van der Waals surface area contributed by atoms with Gasteiger partial charge in [0.15, 0.2) is 5.17 Å². The fraction of sp³-hybridized carbons (Fsp3) is 0.167. The SMILES string of the molecule is O=C1N=C(N2CCN(c3ccc([N+](=O)[O-])cc3)CC2)SC1=Cc1ccc(-c2ccc(F)cc2)o1. The number of benzene rings is 2. The summed E-state index contributed by atoms with van der Waals surface area (Å²) in [6.45, 7) is 2.78. The lowest BCUT2D eigenvalue weighted by atomic mass is 10.2. The van der Waals surface area contributed by atoms with Crippen molar-refractivity contribution in [2.45, 2.75) is 0 Å². The number of furan rings is 1. The van der Waals surface area contributed by atoms with Crippen LogP contribution in [0.1, 0.15) is 5.76 Å². The Hall–Kier alpha value is -3.92. The van der Waals surface area contributed by atoms with Gasteiger partial charge >= 0.3 is 0 Å². The normalized spacial score (nSPS) is 17.4. The third-order valence-electron chi connectivity index (χ3n) is 5.61. The molecule has 0 bridgehead atoms. The number of non-ortho nitro benzene ring substituents is 1. The van der Waals surface area contributed by atoms with Crippen LogP contribution >= 0.6 is 11.8 Å². The van der Waals surface area contributed by atoms with Crippen LogP contribution < -0.4 is 4.90 Å². The number of nitro benzene ring substituents is 1. The zero-order valence-electron chi connectivity index (χ0n) is 17.9. The number of aliphatic imine (C=N–C) groups is 1. The van der Waals surface area contributed by atoms with E-state index in [9.17, 15) is 19.3 Å². The summed E-state index contributed by atoms with van der Waals surface area (Å²) in [5.41, 5.74) is 1.75. The highest BCUT2D eigenvalue weighted by Crippen LogP contribution is 2.32. The third kappa shape index (κ3) is 4.58. The highest BCUT2D eigenvalue weighted by atomic mass is 32.2. The second-order valence-electron chi connectivity index (χ2n) is 7.77. The molecule has 0 saturated carbocycles. The van der Waals surface area contributed by atoms with E-state index < -0.39 is 4.92 Å². The molecule has 0 aliphatic carbocycles. The number of nitrogens with zero attached hydrogens (tertiary/aromatic N) is 4. The summed E-state index contributed by atoms with van der Waals surface area (Å²) in [4.78, 5) is 31.8. The Balaban J connectivity index is 1.21. The summed E-state index contributed by atoms with van der Waals surface area (Å²) >= 11 is 1.31. The summed E-state index contributed by atoms with van der Waals surface area (Å²) in [5.74, 6) is 0.488. The minimum atomic E-state index is -0.411. The first-order valence-electron chi connectivity index (χ1n) is 10.6. The van der Waals surface area contributed by atoms with Gasteiger partial charge in [-0.25, -0.2) is 4.39 Å². The lowest BCUT2D eigenvalue weighted by molar-refractivity contribution is -0.384. The zero-order chi connectivity index (χ0) is 23.7. The van der Waals surface area contributed by atoms with Crippen molar-refractivity contribution in [3.63, 3.8) is 0 Å². The Labute approximate surface area is 198 Å². The van der Waals surface area contributed by atoms with Gasteiger partial charge in [-0.05, 0) is 60.3 Å². The molecule has 3 aromatic rings. The largest absolute Gasteiger partial charge is 0.457 e. The van der Waals surface area contributed by atoms with Crippen molar-refractivity contribution in [2.24, 2.45) is 4.99 Å². The van der Waals surface area contributed by atoms with E-state index in [1.54, 1.807) is 42.5 Å². The van der Waals surface area contributed by atoms with E-state index in [1.807, 2.05) is 0 Å². The summed E-state index contributed by atoms with van der Waals surface area (Å²) < 4.78 is 18.9. The van der Waals surface area contributed by atoms with Gasteiger partial charge in [0, 0.05) is 55.6 Å². The standard InChI is InChI=1S/C24H19FN4O4S/c25-17-3-1-16(2-4-17)21-10-9-20(33-21)15-22-23(30)26-24(34-22)28-13-11-27(12-14-28)18-5-7-19(8-6-18)29(31)32/h1-10,15H,11-14H2. The van der Waals surface area contributed by atoms with Crippen LogP contribution in [-0.4, -0.2) is 47.1 Å². The number of hydrogen-bond acceptors (Lipinski definition) is 7. The van der Waals surface area contributed by atoms with Gasteiger partial charge in [-0.3, -0.25) is 14.9 Å². The number of piperazine rings is 1. The number of anilines is 1. The third-order valence-corrected chi connectivity index (χ3v) is 6.66. The molecule has 3 heterocycles. The molecule has 0 unspecified atom stereocenters. The van der Waals surface area contributed by atoms with Crippen LogP contribution in [0.15, 0.2) is 75.0 Å². The number of thioether (sulfide) groups is 1.